The molecule has 0 radical (unpaired) electrons. The first-order valence-electron chi connectivity index (χ1n) is 30.9. The quantitative estimate of drug-likeness (QED) is 0.0254. The van der Waals surface area contributed by atoms with E-state index < -0.39 is 124 Å². The molecule has 1 amide bonds. The summed E-state index contributed by atoms with van der Waals surface area (Å²) in [6.45, 7) is 1.70. The first kappa shape index (κ1) is 70.8. The van der Waals surface area contributed by atoms with Crippen molar-refractivity contribution in [3.05, 3.63) is 12.2 Å². The highest BCUT2D eigenvalue weighted by molar-refractivity contribution is 5.76. The Morgan fingerprint density at radius 3 is 1.21 bits per heavy atom. The van der Waals surface area contributed by atoms with Gasteiger partial charge in [-0.3, -0.25) is 4.79 Å². The monoisotopic (exact) mass is 1120 g/mol. The molecule has 17 unspecified atom stereocenters. The van der Waals surface area contributed by atoms with E-state index in [-0.39, 0.29) is 18.9 Å². The molecule has 78 heavy (non-hydrogen) atoms. The van der Waals surface area contributed by atoms with E-state index in [1.807, 2.05) is 6.08 Å². The Morgan fingerprint density at radius 2 is 0.795 bits per heavy atom. The molecule has 0 saturated carbocycles. The molecule has 3 heterocycles. The van der Waals surface area contributed by atoms with E-state index in [9.17, 15) is 61.0 Å². The van der Waals surface area contributed by atoms with Crippen molar-refractivity contribution >= 4 is 5.91 Å². The smallest absolute Gasteiger partial charge is 0.220 e. The van der Waals surface area contributed by atoms with Gasteiger partial charge in [-0.05, 0) is 19.3 Å². The van der Waals surface area contributed by atoms with Crippen molar-refractivity contribution in [3.63, 3.8) is 0 Å². The van der Waals surface area contributed by atoms with Crippen molar-refractivity contribution in [2.45, 2.75) is 330 Å². The highest BCUT2D eigenvalue weighted by Crippen LogP contribution is 2.33. The van der Waals surface area contributed by atoms with Gasteiger partial charge < -0.3 is 89.9 Å². The lowest BCUT2D eigenvalue weighted by atomic mass is 9.96. The van der Waals surface area contributed by atoms with Crippen LogP contribution in [0.1, 0.15) is 226 Å². The van der Waals surface area contributed by atoms with Gasteiger partial charge in [0.15, 0.2) is 18.9 Å². The van der Waals surface area contributed by atoms with Crippen LogP contribution >= 0.6 is 0 Å². The molecule has 460 valence electrons. The normalized spacial score (nSPS) is 30.5. The lowest BCUT2D eigenvalue weighted by Gasteiger charge is -2.48. The summed E-state index contributed by atoms with van der Waals surface area (Å²) in [6, 6.07) is -0.965. The van der Waals surface area contributed by atoms with E-state index in [0.29, 0.717) is 6.42 Å². The number of aliphatic hydroxyl groups excluding tert-OH is 11. The van der Waals surface area contributed by atoms with Crippen LogP contribution in [0.3, 0.4) is 0 Å². The Hall–Kier alpha value is -1.47. The summed E-state index contributed by atoms with van der Waals surface area (Å²) in [5.41, 5.74) is 0. The molecule has 0 aliphatic carbocycles. The van der Waals surface area contributed by atoms with E-state index in [4.69, 9.17) is 28.4 Å². The second-order valence-electron chi connectivity index (χ2n) is 22.5. The molecule has 0 spiro atoms. The highest BCUT2D eigenvalue weighted by atomic mass is 16.8. The molecular formula is C59H111NO18. The number of rotatable bonds is 46. The van der Waals surface area contributed by atoms with E-state index in [2.05, 4.69) is 19.2 Å². The fraction of sp³-hybridized carbons (Fsp3) is 0.949. The van der Waals surface area contributed by atoms with Crippen LogP contribution in [0.2, 0.25) is 0 Å². The van der Waals surface area contributed by atoms with E-state index in [1.54, 1.807) is 6.08 Å². The third-order valence-corrected chi connectivity index (χ3v) is 15.8. The van der Waals surface area contributed by atoms with Crippen LogP contribution in [0, 0.1) is 0 Å². The summed E-state index contributed by atoms with van der Waals surface area (Å²) >= 11 is 0. The number of aliphatic hydroxyl groups is 11. The molecule has 0 aromatic carbocycles. The van der Waals surface area contributed by atoms with Crippen LogP contribution in [0.4, 0.5) is 0 Å². The Balaban J connectivity index is 1.42. The minimum Gasteiger partial charge on any atom is -0.394 e. The van der Waals surface area contributed by atoms with E-state index in [0.717, 1.165) is 44.9 Å². The fourth-order valence-corrected chi connectivity index (χ4v) is 10.7. The van der Waals surface area contributed by atoms with Crippen molar-refractivity contribution in [1.82, 2.24) is 5.32 Å². The van der Waals surface area contributed by atoms with Crippen molar-refractivity contribution < 1.29 is 89.4 Å². The summed E-state index contributed by atoms with van der Waals surface area (Å²) in [7, 11) is 0. The molecule has 3 saturated heterocycles. The van der Waals surface area contributed by atoms with Crippen LogP contribution in [-0.2, 0) is 33.2 Å². The number of allylic oxidation sites excluding steroid dienone is 1. The number of carbonyl (C=O) groups excluding carboxylic acids is 1. The standard InChI is InChI=1S/C59H111NO18/c1-3-5-7-9-11-13-14-15-16-17-18-19-20-21-22-23-24-25-26-27-29-31-33-35-37-47(65)60-42(43(64)36-34-32-30-28-12-10-8-6-4-2)41-73-57-53(71)50(68)55(45(39-62)75-57)78-59-54(72)51(69)56(46(40-63)76-59)77-58-52(70)49(67)48(66)44(38-61)74-58/h34,36,42-46,48-59,61-64,66-72H,3-33,35,37-41H2,1-2H3,(H,60,65)/b36-34+. The molecule has 12 N–H and O–H groups in total. The summed E-state index contributed by atoms with van der Waals surface area (Å²) in [5.74, 6) is -0.274. The maximum absolute atomic E-state index is 13.3. The molecule has 3 rings (SSSR count). The first-order valence-corrected chi connectivity index (χ1v) is 30.9. The summed E-state index contributed by atoms with van der Waals surface area (Å²) in [5, 5.41) is 120. The molecule has 3 aliphatic rings. The highest BCUT2D eigenvalue weighted by Gasteiger charge is 2.53. The predicted molar refractivity (Wildman–Crippen MR) is 296 cm³/mol. The van der Waals surface area contributed by atoms with Crippen LogP contribution in [0.25, 0.3) is 0 Å². The van der Waals surface area contributed by atoms with Crippen molar-refractivity contribution in [3.8, 4) is 0 Å². The van der Waals surface area contributed by atoms with Gasteiger partial charge in [-0.1, -0.05) is 212 Å². The summed E-state index contributed by atoms with van der Waals surface area (Å²) < 4.78 is 34.2. The number of amides is 1. The van der Waals surface area contributed by atoms with Gasteiger partial charge in [0.2, 0.25) is 5.91 Å². The number of ether oxygens (including phenoxy) is 6. The molecule has 3 aliphatic heterocycles. The van der Waals surface area contributed by atoms with Crippen LogP contribution in [0.5, 0.6) is 0 Å². The van der Waals surface area contributed by atoms with Crippen LogP contribution in [-0.4, -0.2) is 193 Å². The zero-order valence-electron chi connectivity index (χ0n) is 47.9. The molecule has 19 heteroatoms. The average Bonchev–Trinajstić information content (AvgIpc) is 3.46. The molecule has 0 aromatic heterocycles. The molecular weight excluding hydrogens is 1010 g/mol. The van der Waals surface area contributed by atoms with Gasteiger partial charge in [-0.2, -0.15) is 0 Å². The number of unbranched alkanes of at least 4 members (excludes halogenated alkanes) is 30. The van der Waals surface area contributed by atoms with Crippen LogP contribution in [0.15, 0.2) is 12.2 Å². The van der Waals surface area contributed by atoms with Crippen molar-refractivity contribution in [2.75, 3.05) is 26.4 Å². The molecule has 3 fully saturated rings. The number of carbonyl (C=O) groups is 1. The zero-order chi connectivity index (χ0) is 56.9. The van der Waals surface area contributed by atoms with Gasteiger partial charge in [0.1, 0.15) is 73.2 Å². The second-order valence-corrected chi connectivity index (χ2v) is 22.5. The van der Waals surface area contributed by atoms with Gasteiger partial charge in [0, 0.05) is 6.42 Å². The Labute approximate surface area is 467 Å². The first-order chi connectivity index (χ1) is 37.8. The molecule has 0 aromatic rings. The fourth-order valence-electron chi connectivity index (χ4n) is 10.7. The topological polar surface area (TPSA) is 307 Å². The predicted octanol–water partition coefficient (Wildman–Crippen LogP) is 5.77. The number of hydrogen-bond acceptors (Lipinski definition) is 18. The summed E-state index contributed by atoms with van der Waals surface area (Å²) in [4.78, 5) is 13.3. The zero-order valence-corrected chi connectivity index (χ0v) is 47.9. The lowest BCUT2D eigenvalue weighted by molar-refractivity contribution is -0.379. The van der Waals surface area contributed by atoms with Gasteiger partial charge in [-0.25, -0.2) is 0 Å². The van der Waals surface area contributed by atoms with E-state index in [1.165, 1.54) is 154 Å². The largest absolute Gasteiger partial charge is 0.394 e. The summed E-state index contributed by atoms with van der Waals surface area (Å²) in [6.07, 6.45) is 16.6. The minimum atomic E-state index is -1.97. The van der Waals surface area contributed by atoms with Gasteiger partial charge in [0.05, 0.1) is 38.6 Å². The molecule has 0 bridgehead atoms. The maximum Gasteiger partial charge on any atom is 0.220 e. The van der Waals surface area contributed by atoms with Gasteiger partial charge in [-0.15, -0.1) is 0 Å². The van der Waals surface area contributed by atoms with Gasteiger partial charge in [0.25, 0.3) is 0 Å². The van der Waals surface area contributed by atoms with Crippen molar-refractivity contribution in [2.24, 2.45) is 0 Å². The molecule has 17 atom stereocenters. The maximum atomic E-state index is 13.3. The van der Waals surface area contributed by atoms with E-state index >= 15 is 0 Å². The third kappa shape index (κ3) is 26.8. The Bertz CT molecular complexity index is 1480. The SMILES string of the molecule is CCCCCCCCC/C=C/C(O)C(COC1OC(CO)C(OC2OC(CO)C(OC3OC(CO)C(O)C(O)C3O)C(O)C2O)C(O)C1O)NC(=O)CCCCCCCCCCCCCCCCCCCCCCCCCC. The Kier molecular flexibility index (Phi) is 39.2. The van der Waals surface area contributed by atoms with Gasteiger partial charge >= 0.3 is 0 Å². The minimum absolute atomic E-state index is 0.249. The second kappa shape index (κ2) is 43.2. The third-order valence-electron chi connectivity index (χ3n) is 15.8. The Morgan fingerprint density at radius 1 is 0.449 bits per heavy atom. The lowest BCUT2D eigenvalue weighted by Crippen LogP contribution is -2.66. The van der Waals surface area contributed by atoms with Crippen molar-refractivity contribution in [1.29, 1.82) is 0 Å². The average molecular weight is 1120 g/mol. The number of nitrogens with one attached hydrogen (secondary N) is 1. The molecule has 19 nitrogen and oxygen atoms in total. The number of hydrogen-bond donors (Lipinski definition) is 12. The van der Waals surface area contributed by atoms with Crippen LogP contribution < -0.4 is 5.32 Å².